The van der Waals surface area contributed by atoms with E-state index in [9.17, 15) is 4.79 Å². The van der Waals surface area contributed by atoms with E-state index in [-0.39, 0.29) is 5.91 Å². The molecule has 114 valence electrons. The number of carbonyl (C=O) groups excluding carboxylic acids is 1. The first-order valence-corrected chi connectivity index (χ1v) is 8.29. The van der Waals surface area contributed by atoms with E-state index in [2.05, 4.69) is 10.3 Å². The number of likely N-dealkylation sites (tertiary alicyclic amines) is 1. The minimum atomic E-state index is 0.0850. The van der Waals surface area contributed by atoms with E-state index in [0.717, 1.165) is 25.9 Å². The number of hydrogen-bond donors (Lipinski definition) is 1. The number of nitrogens with one attached hydrogen (secondary N) is 1. The third-order valence-electron chi connectivity index (χ3n) is 4.70. The number of anilines is 1. The zero-order chi connectivity index (χ0) is 14.8. The zero-order valence-electron chi connectivity index (χ0n) is 12.4. The maximum absolute atomic E-state index is 12.7. The summed E-state index contributed by atoms with van der Waals surface area (Å²) in [6.07, 6.45) is 7.76. The molecule has 1 saturated heterocycles. The first-order chi connectivity index (χ1) is 10.2. The summed E-state index contributed by atoms with van der Waals surface area (Å²) in [6.45, 7) is 3.63. The van der Waals surface area contributed by atoms with E-state index < -0.39 is 0 Å². The number of rotatable bonds is 3. The van der Waals surface area contributed by atoms with Crippen LogP contribution in [0.5, 0.6) is 0 Å². The number of halogens is 1. The number of amides is 1. The molecule has 2 heterocycles. The van der Waals surface area contributed by atoms with Gasteiger partial charge in [0.25, 0.3) is 5.91 Å². The lowest BCUT2D eigenvalue weighted by atomic mass is 9.85. The number of hydrogen-bond acceptors (Lipinski definition) is 3. The molecule has 5 heteroatoms. The van der Waals surface area contributed by atoms with Crippen molar-refractivity contribution in [3.8, 4) is 0 Å². The molecule has 0 bridgehead atoms. The molecule has 1 N–H and O–H groups in total. The van der Waals surface area contributed by atoms with Gasteiger partial charge >= 0.3 is 0 Å². The number of carbonyl (C=O) groups is 1. The average Bonchev–Trinajstić information content (AvgIpc) is 2.93. The van der Waals surface area contributed by atoms with Crippen LogP contribution in [0, 0.1) is 5.92 Å². The molecule has 2 aliphatic rings. The first kappa shape index (κ1) is 14.6. The summed E-state index contributed by atoms with van der Waals surface area (Å²) in [6, 6.07) is 2.17. The lowest BCUT2D eigenvalue weighted by molar-refractivity contribution is 0.0689. The van der Waals surface area contributed by atoms with E-state index in [1.54, 1.807) is 12.3 Å². The quantitative estimate of drug-likeness (QED) is 0.928. The van der Waals surface area contributed by atoms with Gasteiger partial charge in [0.05, 0.1) is 10.6 Å². The molecule has 2 unspecified atom stereocenters. The molecule has 1 aromatic rings. The van der Waals surface area contributed by atoms with Gasteiger partial charge in [-0.3, -0.25) is 4.79 Å². The molecule has 21 heavy (non-hydrogen) atoms. The van der Waals surface area contributed by atoms with Crippen molar-refractivity contribution < 1.29 is 4.79 Å². The van der Waals surface area contributed by atoms with Gasteiger partial charge in [-0.15, -0.1) is 0 Å². The van der Waals surface area contributed by atoms with Crippen LogP contribution in [-0.2, 0) is 0 Å². The molecule has 3 rings (SSSR count). The average molecular weight is 308 g/mol. The normalized spacial score (nSPS) is 24.8. The Morgan fingerprint density at radius 2 is 2.24 bits per heavy atom. The predicted octanol–water partition coefficient (Wildman–Crippen LogP) is 3.57. The minimum Gasteiger partial charge on any atom is -0.369 e. The predicted molar refractivity (Wildman–Crippen MR) is 84.8 cm³/mol. The van der Waals surface area contributed by atoms with Gasteiger partial charge in [0.15, 0.2) is 0 Å². The van der Waals surface area contributed by atoms with E-state index in [1.165, 1.54) is 19.3 Å². The Labute approximate surface area is 130 Å². The second-order valence-corrected chi connectivity index (χ2v) is 6.39. The van der Waals surface area contributed by atoms with Crippen molar-refractivity contribution in [3.63, 3.8) is 0 Å². The van der Waals surface area contributed by atoms with Crippen molar-refractivity contribution >= 4 is 23.3 Å². The van der Waals surface area contributed by atoms with Crippen LogP contribution in [0.3, 0.4) is 0 Å². The molecule has 1 saturated carbocycles. The highest BCUT2D eigenvalue weighted by Gasteiger charge is 2.38. The van der Waals surface area contributed by atoms with Gasteiger partial charge in [-0.1, -0.05) is 24.4 Å². The Kier molecular flexibility index (Phi) is 4.34. The van der Waals surface area contributed by atoms with E-state index in [0.29, 0.717) is 28.4 Å². The molecule has 1 aromatic heterocycles. The highest BCUT2D eigenvalue weighted by atomic mass is 35.5. The van der Waals surface area contributed by atoms with Gasteiger partial charge in [-0.2, -0.15) is 0 Å². The van der Waals surface area contributed by atoms with Crippen LogP contribution in [0.15, 0.2) is 12.3 Å². The van der Waals surface area contributed by atoms with Crippen molar-refractivity contribution in [2.75, 3.05) is 18.4 Å². The van der Waals surface area contributed by atoms with E-state index >= 15 is 0 Å². The Morgan fingerprint density at radius 1 is 1.43 bits per heavy atom. The van der Waals surface area contributed by atoms with Crippen LogP contribution in [0.1, 0.15) is 49.4 Å². The molecule has 4 nitrogen and oxygen atoms in total. The molecule has 1 aliphatic carbocycles. The van der Waals surface area contributed by atoms with Gasteiger partial charge in [0.2, 0.25) is 0 Å². The monoisotopic (exact) mass is 307 g/mol. The fraction of sp³-hybridized carbons (Fsp3) is 0.625. The van der Waals surface area contributed by atoms with Crippen LogP contribution < -0.4 is 5.32 Å². The van der Waals surface area contributed by atoms with Gasteiger partial charge < -0.3 is 10.2 Å². The molecule has 2 fully saturated rings. The lowest BCUT2D eigenvalue weighted by Gasteiger charge is -2.31. The fourth-order valence-corrected chi connectivity index (χ4v) is 3.91. The van der Waals surface area contributed by atoms with Crippen molar-refractivity contribution in [3.05, 3.63) is 22.8 Å². The summed E-state index contributed by atoms with van der Waals surface area (Å²) in [5.74, 6) is 1.43. The molecule has 0 aromatic carbocycles. The molecular formula is C16H22ClN3O. The van der Waals surface area contributed by atoms with Gasteiger partial charge in [-0.25, -0.2) is 4.98 Å². The van der Waals surface area contributed by atoms with Crippen molar-refractivity contribution in [1.82, 2.24) is 9.88 Å². The molecule has 1 aliphatic heterocycles. The fourth-order valence-electron chi connectivity index (χ4n) is 3.68. The number of pyridine rings is 1. The van der Waals surface area contributed by atoms with Crippen molar-refractivity contribution in [1.29, 1.82) is 0 Å². The Balaban J connectivity index is 1.77. The second-order valence-electron chi connectivity index (χ2n) is 5.98. The minimum absolute atomic E-state index is 0.0850. The Bertz CT molecular complexity index is 534. The van der Waals surface area contributed by atoms with Crippen molar-refractivity contribution in [2.24, 2.45) is 5.92 Å². The van der Waals surface area contributed by atoms with Crippen LogP contribution in [-0.4, -0.2) is 34.9 Å². The van der Waals surface area contributed by atoms with E-state index in [4.69, 9.17) is 11.6 Å². The third kappa shape index (κ3) is 2.86. The summed E-state index contributed by atoms with van der Waals surface area (Å²) < 4.78 is 0. The van der Waals surface area contributed by atoms with Crippen LogP contribution in [0.4, 0.5) is 5.82 Å². The number of aromatic nitrogens is 1. The van der Waals surface area contributed by atoms with Crippen molar-refractivity contribution in [2.45, 2.75) is 45.1 Å². The third-order valence-corrected chi connectivity index (χ3v) is 4.99. The Morgan fingerprint density at radius 3 is 3.00 bits per heavy atom. The summed E-state index contributed by atoms with van der Waals surface area (Å²) in [7, 11) is 0. The highest BCUT2D eigenvalue weighted by Crippen LogP contribution is 2.37. The molecule has 2 atom stereocenters. The summed E-state index contributed by atoms with van der Waals surface area (Å²) in [5.41, 5.74) is 0.605. The Hall–Kier alpha value is -1.29. The lowest BCUT2D eigenvalue weighted by Crippen LogP contribution is -2.39. The number of nitrogens with zero attached hydrogens (tertiary/aromatic N) is 2. The summed E-state index contributed by atoms with van der Waals surface area (Å²) >= 11 is 6.20. The maximum atomic E-state index is 12.7. The van der Waals surface area contributed by atoms with Gasteiger partial charge in [0.1, 0.15) is 5.82 Å². The van der Waals surface area contributed by atoms with Gasteiger partial charge in [0, 0.05) is 25.3 Å². The first-order valence-electron chi connectivity index (χ1n) is 7.91. The summed E-state index contributed by atoms with van der Waals surface area (Å²) in [5, 5.41) is 3.60. The van der Waals surface area contributed by atoms with Crippen LogP contribution in [0.2, 0.25) is 5.02 Å². The highest BCUT2D eigenvalue weighted by molar-refractivity contribution is 6.33. The topological polar surface area (TPSA) is 45.2 Å². The largest absolute Gasteiger partial charge is 0.369 e. The van der Waals surface area contributed by atoms with E-state index in [1.807, 2.05) is 11.8 Å². The summed E-state index contributed by atoms with van der Waals surface area (Å²) in [4.78, 5) is 19.0. The zero-order valence-corrected chi connectivity index (χ0v) is 13.2. The molecule has 1 amide bonds. The molecule has 0 spiro atoms. The van der Waals surface area contributed by atoms with Crippen LogP contribution >= 0.6 is 11.6 Å². The standard InChI is InChI=1S/C16H22ClN3O/c1-2-18-15-13(17)9-12(10-19-15)16(21)20-8-7-11-5-3-4-6-14(11)20/h9-11,14H,2-8H2,1H3,(H,18,19). The maximum Gasteiger partial charge on any atom is 0.255 e. The SMILES string of the molecule is CCNc1ncc(C(=O)N2CCC3CCCCC32)cc1Cl. The smallest absolute Gasteiger partial charge is 0.255 e. The molecular weight excluding hydrogens is 286 g/mol. The molecule has 0 radical (unpaired) electrons. The van der Waals surface area contributed by atoms with Gasteiger partial charge in [-0.05, 0) is 38.2 Å². The number of fused-ring (bicyclic) bond motifs is 1. The second kappa shape index (κ2) is 6.22. The van der Waals surface area contributed by atoms with Crippen LogP contribution in [0.25, 0.3) is 0 Å².